The lowest BCUT2D eigenvalue weighted by atomic mass is 10.2. The number of nitrogens with zero attached hydrogens (tertiary/aromatic N) is 1. The Labute approximate surface area is 105 Å². The first-order valence-corrected chi connectivity index (χ1v) is 6.40. The molecule has 0 saturated heterocycles. The average molecular weight is 271 g/mol. The summed E-state index contributed by atoms with van der Waals surface area (Å²) >= 11 is 0. The quantitative estimate of drug-likeness (QED) is 0.726. The van der Waals surface area contributed by atoms with Crippen molar-refractivity contribution in [3.05, 3.63) is 23.8 Å². The van der Waals surface area contributed by atoms with E-state index in [0.717, 1.165) is 6.07 Å². The van der Waals surface area contributed by atoms with Crippen molar-refractivity contribution in [3.63, 3.8) is 0 Å². The van der Waals surface area contributed by atoms with E-state index in [4.69, 9.17) is 5.14 Å². The number of hydrogen-bond donors (Lipinski definition) is 2. The van der Waals surface area contributed by atoms with Gasteiger partial charge < -0.3 is 10.2 Å². The summed E-state index contributed by atoms with van der Waals surface area (Å²) in [5, 5.41) is 7.34. The molecule has 18 heavy (non-hydrogen) atoms. The molecule has 0 bridgehead atoms. The van der Waals surface area contributed by atoms with Crippen LogP contribution in [0.5, 0.6) is 0 Å². The number of nitrogens with one attached hydrogen (secondary N) is 1. The Kier molecular flexibility index (Phi) is 4.04. The van der Waals surface area contributed by atoms with Gasteiger partial charge in [-0.25, -0.2) is 13.6 Å². The summed E-state index contributed by atoms with van der Waals surface area (Å²) in [6, 6.07) is 3.86. The number of benzene rings is 1. The second-order valence-corrected chi connectivity index (χ2v) is 5.25. The lowest BCUT2D eigenvalue weighted by Crippen LogP contribution is -2.25. The third kappa shape index (κ3) is 3.05. The molecule has 0 saturated carbocycles. The summed E-state index contributed by atoms with van der Waals surface area (Å²) < 4.78 is 22.9. The predicted molar refractivity (Wildman–Crippen MR) is 65.5 cm³/mol. The van der Waals surface area contributed by atoms with Crippen molar-refractivity contribution >= 4 is 28.0 Å². The Hall–Kier alpha value is -1.93. The molecule has 0 fully saturated rings. The van der Waals surface area contributed by atoms with E-state index >= 15 is 0 Å². The van der Waals surface area contributed by atoms with Crippen LogP contribution in [0.3, 0.4) is 0 Å². The largest absolute Gasteiger partial charge is 0.345 e. The molecule has 3 N–H and O–H groups in total. The molecule has 0 aliphatic rings. The van der Waals surface area contributed by atoms with Gasteiger partial charge in [0.25, 0.3) is 5.91 Å². The highest BCUT2D eigenvalue weighted by Gasteiger charge is 2.21. The Bertz CT molecular complexity index is 581. The predicted octanol–water partition coefficient (Wildman–Crippen LogP) is -0.396. The normalized spacial score (nSPS) is 10.8. The van der Waals surface area contributed by atoms with Gasteiger partial charge in [0.15, 0.2) is 0 Å². The molecule has 1 aromatic carbocycles. The van der Waals surface area contributed by atoms with Crippen molar-refractivity contribution in [1.29, 1.82) is 0 Å². The van der Waals surface area contributed by atoms with Gasteiger partial charge in [-0.1, -0.05) is 0 Å². The van der Waals surface area contributed by atoms with Crippen molar-refractivity contribution < 1.29 is 18.0 Å². The maximum absolute atomic E-state index is 11.8. The van der Waals surface area contributed by atoms with Crippen molar-refractivity contribution in [3.8, 4) is 0 Å². The molecule has 1 aromatic rings. The first-order valence-electron chi connectivity index (χ1n) is 4.86. The number of rotatable bonds is 4. The Morgan fingerprint density at radius 2 is 2.00 bits per heavy atom. The molecule has 0 heterocycles. The lowest BCUT2D eigenvalue weighted by Gasteiger charge is -2.13. The molecule has 0 aliphatic carbocycles. The van der Waals surface area contributed by atoms with E-state index in [0.29, 0.717) is 6.41 Å². The van der Waals surface area contributed by atoms with Crippen molar-refractivity contribution in [1.82, 2.24) is 4.90 Å². The van der Waals surface area contributed by atoms with Crippen LogP contribution in [0.4, 0.5) is 5.69 Å². The third-order valence-corrected chi connectivity index (χ3v) is 3.10. The van der Waals surface area contributed by atoms with E-state index in [1.165, 1.54) is 31.1 Å². The molecular formula is C10H13N3O4S. The summed E-state index contributed by atoms with van der Waals surface area (Å²) in [5.41, 5.74) is 0.197. The van der Waals surface area contributed by atoms with Gasteiger partial charge in [-0.2, -0.15) is 0 Å². The van der Waals surface area contributed by atoms with E-state index in [1.54, 1.807) is 0 Å². The second kappa shape index (κ2) is 5.15. The molecule has 2 amide bonds. The van der Waals surface area contributed by atoms with E-state index in [9.17, 15) is 18.0 Å². The number of sulfonamides is 1. The number of amides is 2. The number of carbonyl (C=O) groups excluding carboxylic acids is 2. The van der Waals surface area contributed by atoms with Crippen LogP contribution in [0, 0.1) is 0 Å². The van der Waals surface area contributed by atoms with Gasteiger partial charge in [0, 0.05) is 19.8 Å². The second-order valence-electron chi connectivity index (χ2n) is 3.72. The van der Waals surface area contributed by atoms with Gasteiger partial charge in [-0.3, -0.25) is 9.59 Å². The highest BCUT2D eigenvalue weighted by molar-refractivity contribution is 7.89. The zero-order valence-corrected chi connectivity index (χ0v) is 10.7. The summed E-state index contributed by atoms with van der Waals surface area (Å²) in [6.07, 6.45) is 0.399. The Morgan fingerprint density at radius 3 is 2.44 bits per heavy atom. The maximum atomic E-state index is 11.8. The van der Waals surface area contributed by atoms with E-state index < -0.39 is 15.9 Å². The third-order valence-electron chi connectivity index (χ3n) is 2.15. The van der Waals surface area contributed by atoms with Crippen LogP contribution in [0.15, 0.2) is 23.1 Å². The minimum Gasteiger partial charge on any atom is -0.345 e. The molecule has 0 atom stereocenters. The maximum Gasteiger partial charge on any atom is 0.254 e. The van der Waals surface area contributed by atoms with Crippen LogP contribution in [0.1, 0.15) is 10.4 Å². The highest BCUT2D eigenvalue weighted by Crippen LogP contribution is 2.20. The van der Waals surface area contributed by atoms with Crippen LogP contribution in [-0.4, -0.2) is 39.7 Å². The highest BCUT2D eigenvalue weighted by atomic mass is 32.2. The Morgan fingerprint density at radius 1 is 1.39 bits per heavy atom. The van der Waals surface area contributed by atoms with Crippen molar-refractivity contribution in [2.45, 2.75) is 4.90 Å². The molecule has 8 heteroatoms. The number of carbonyl (C=O) groups is 2. The number of hydrogen-bond acceptors (Lipinski definition) is 4. The van der Waals surface area contributed by atoms with Gasteiger partial charge in [0.05, 0.1) is 10.5 Å². The zero-order chi connectivity index (χ0) is 13.9. The summed E-state index contributed by atoms with van der Waals surface area (Å²) in [4.78, 5) is 23.0. The fourth-order valence-electron chi connectivity index (χ4n) is 1.33. The Balaban J connectivity index is 3.44. The molecule has 98 valence electrons. The van der Waals surface area contributed by atoms with Crippen molar-refractivity contribution in [2.24, 2.45) is 5.14 Å². The molecule has 0 unspecified atom stereocenters. The molecule has 7 nitrogen and oxygen atoms in total. The summed E-state index contributed by atoms with van der Waals surface area (Å²) in [6.45, 7) is 0. The van der Waals surface area contributed by atoms with E-state index in [2.05, 4.69) is 5.32 Å². The summed E-state index contributed by atoms with van der Waals surface area (Å²) in [5.74, 6) is -0.489. The van der Waals surface area contributed by atoms with Gasteiger partial charge in [-0.05, 0) is 18.2 Å². The lowest BCUT2D eigenvalue weighted by molar-refractivity contribution is -0.105. The van der Waals surface area contributed by atoms with Gasteiger partial charge in [-0.15, -0.1) is 0 Å². The zero-order valence-electron chi connectivity index (χ0n) is 9.88. The monoisotopic (exact) mass is 271 g/mol. The van der Waals surface area contributed by atoms with E-state index in [1.807, 2.05) is 0 Å². The van der Waals surface area contributed by atoms with Gasteiger partial charge >= 0.3 is 0 Å². The first kappa shape index (κ1) is 14.1. The smallest absolute Gasteiger partial charge is 0.254 e. The summed E-state index contributed by atoms with van der Waals surface area (Å²) in [7, 11) is -1.07. The fraction of sp³-hybridized carbons (Fsp3) is 0.200. The topological polar surface area (TPSA) is 110 Å². The number of anilines is 1. The molecule has 1 rings (SSSR count). The minimum atomic E-state index is -4.06. The molecule has 0 aliphatic heterocycles. The molecule has 0 aromatic heterocycles. The molecular weight excluding hydrogens is 258 g/mol. The average Bonchev–Trinajstić information content (AvgIpc) is 2.27. The van der Waals surface area contributed by atoms with Gasteiger partial charge in [0.2, 0.25) is 16.4 Å². The van der Waals surface area contributed by atoms with Crippen LogP contribution in [-0.2, 0) is 14.8 Å². The minimum absolute atomic E-state index is 0.0426. The molecule has 0 spiro atoms. The fourth-order valence-corrected chi connectivity index (χ4v) is 2.09. The molecule has 0 radical (unpaired) electrons. The van der Waals surface area contributed by atoms with Gasteiger partial charge in [0.1, 0.15) is 0 Å². The van der Waals surface area contributed by atoms with Crippen LogP contribution in [0.2, 0.25) is 0 Å². The van der Waals surface area contributed by atoms with Crippen LogP contribution < -0.4 is 10.5 Å². The van der Waals surface area contributed by atoms with Crippen LogP contribution >= 0.6 is 0 Å². The van der Waals surface area contributed by atoms with Crippen LogP contribution in [0.25, 0.3) is 0 Å². The SMILES string of the molecule is CN(C)C(=O)c1ccc(NC=O)cc1S(N)(=O)=O. The first-order chi connectivity index (χ1) is 8.27. The van der Waals surface area contributed by atoms with Crippen molar-refractivity contribution in [2.75, 3.05) is 19.4 Å². The standard InChI is InChI=1S/C10H13N3O4S/c1-13(2)10(15)8-4-3-7(12-6-14)5-9(8)18(11,16)17/h3-6H,1-2H3,(H,12,14)(H2,11,16,17). The number of primary sulfonamides is 1. The number of nitrogens with two attached hydrogens (primary N) is 1. The van der Waals surface area contributed by atoms with E-state index in [-0.39, 0.29) is 16.1 Å².